The van der Waals surface area contributed by atoms with Gasteiger partial charge < -0.3 is 33.7 Å². The van der Waals surface area contributed by atoms with Crippen LogP contribution in [0.5, 0.6) is 0 Å². The normalized spacial score (nSPS) is 38.8. The fourth-order valence-corrected chi connectivity index (χ4v) is 11.0. The van der Waals surface area contributed by atoms with E-state index in [9.17, 15) is 29.1 Å². The minimum atomic E-state index is -2.41. The molecule has 1 saturated carbocycles. The fraction of sp³-hybridized carbons (Fsp3) is 0.736. The molecule has 2 bridgehead atoms. The third-order valence-electron chi connectivity index (χ3n) is 15.6. The summed E-state index contributed by atoms with van der Waals surface area (Å²) in [4.78, 5) is 72.6. The van der Waals surface area contributed by atoms with Gasteiger partial charge in [-0.3, -0.25) is 19.2 Å². The number of aliphatic hydroxyl groups is 1. The van der Waals surface area contributed by atoms with Crippen LogP contribution < -0.4 is 0 Å². The van der Waals surface area contributed by atoms with Crippen LogP contribution in [0.3, 0.4) is 0 Å². The number of piperidine rings is 1. The van der Waals surface area contributed by atoms with Crippen molar-refractivity contribution in [1.29, 1.82) is 0 Å². The highest BCUT2D eigenvalue weighted by molar-refractivity contribution is 6.39. The molecule has 1 aromatic heterocycles. The number of ether oxygens (including phenoxy) is 5. The summed E-state index contributed by atoms with van der Waals surface area (Å²) in [5.74, 6) is -7.27. The average molecular weight is 964 g/mol. The van der Waals surface area contributed by atoms with Gasteiger partial charge in [-0.2, -0.15) is 0 Å². The lowest BCUT2D eigenvalue weighted by molar-refractivity contribution is -0.265. The van der Waals surface area contributed by atoms with Crippen LogP contribution in [0.15, 0.2) is 53.9 Å². The molecule has 4 heterocycles. The van der Waals surface area contributed by atoms with Crippen LogP contribution in [-0.2, 0) is 47.7 Å². The molecule has 2 saturated heterocycles. The number of hydrogen-bond acceptors (Lipinski definition) is 14. The van der Waals surface area contributed by atoms with Crippen LogP contribution in [0.4, 0.5) is 0 Å². The van der Waals surface area contributed by atoms with Crippen molar-refractivity contribution >= 4 is 29.2 Å². The molecule has 0 radical (unpaired) electrons. The lowest BCUT2D eigenvalue weighted by Gasteiger charge is -2.42. The summed E-state index contributed by atoms with van der Waals surface area (Å²) in [5.41, 5.74) is 1.74. The molecule has 1 amide bonds. The van der Waals surface area contributed by atoms with Crippen molar-refractivity contribution in [3.8, 4) is 0 Å². The Kier molecular flexibility index (Phi) is 20.8. The second-order valence-electron chi connectivity index (χ2n) is 20.7. The Hall–Kier alpha value is -4.22. The van der Waals surface area contributed by atoms with Gasteiger partial charge in [0.1, 0.15) is 30.4 Å². The van der Waals surface area contributed by atoms with Gasteiger partial charge >= 0.3 is 5.97 Å². The van der Waals surface area contributed by atoms with E-state index in [1.807, 2.05) is 71.9 Å². The maximum absolute atomic E-state index is 14.5. The molecule has 3 aliphatic heterocycles. The average Bonchev–Trinajstić information content (AvgIpc) is 3.88. The maximum atomic E-state index is 14.5. The van der Waals surface area contributed by atoms with Crippen molar-refractivity contribution in [1.82, 2.24) is 25.1 Å². The predicted octanol–water partition coefficient (Wildman–Crippen LogP) is 7.32. The van der Waals surface area contributed by atoms with E-state index in [1.54, 1.807) is 39.3 Å². The number of nitrogens with zero attached hydrogens (tertiary/aromatic N) is 5. The van der Waals surface area contributed by atoms with E-state index in [0.29, 0.717) is 51.4 Å². The van der Waals surface area contributed by atoms with Gasteiger partial charge in [0.05, 0.1) is 24.4 Å². The Balaban J connectivity index is 1.46. The minimum Gasteiger partial charge on any atom is -0.460 e. The highest BCUT2D eigenvalue weighted by Crippen LogP contribution is 2.39. The summed E-state index contributed by atoms with van der Waals surface area (Å²) < 4.78 is 31.9. The standard InChI is InChI=1S/C53H81N5O11/c1-32-17-13-12-14-18-33(2)45(65-9)29-41-22-20-38(7)53(64,69-41)50(61)51(62)57-24-16-15-19-43(57)52(63)68-46(36(5)27-40-21-23-42(47(28-40)66-10)58-31-54-55-56-58)30-44(59)35(4)26-34(3)39(8)49(67-11)48(60)37(6)25-32/h12-14,17-18,26,31-32,35-43,45-47,49,64H,15-16,19-25,27-30H2,1-11H3/b14-12+,17-13+,33-18+,34-26+/t32-,35-,36-,37?,38-,39-,40+,41+,42+,43?,45+,46+,47-,49?,53?/m1/s1. The molecule has 1 N–H and O–H groups in total. The molecule has 16 nitrogen and oxygen atoms in total. The van der Waals surface area contributed by atoms with E-state index < -0.39 is 65.7 Å². The number of amides is 1. The summed E-state index contributed by atoms with van der Waals surface area (Å²) in [6.45, 7) is 15.4. The number of esters is 1. The Labute approximate surface area is 410 Å². The molecular weight excluding hydrogens is 883 g/mol. The number of cyclic esters (lactones) is 1. The number of ketones is 3. The molecule has 384 valence electrons. The Morgan fingerprint density at radius 1 is 0.870 bits per heavy atom. The molecule has 0 spiro atoms. The number of allylic oxidation sites excluding steroid dienone is 6. The zero-order valence-corrected chi connectivity index (χ0v) is 43.1. The molecule has 0 aromatic carbocycles. The first kappa shape index (κ1) is 55.7. The summed E-state index contributed by atoms with van der Waals surface area (Å²) in [6.07, 6.45) is 16.7. The molecule has 4 aliphatic rings. The molecule has 1 aromatic rings. The van der Waals surface area contributed by atoms with Gasteiger partial charge in [-0.15, -0.1) is 5.10 Å². The van der Waals surface area contributed by atoms with Gasteiger partial charge in [0.2, 0.25) is 5.79 Å². The van der Waals surface area contributed by atoms with Gasteiger partial charge in [0, 0.05) is 64.4 Å². The number of methoxy groups -OCH3 is 3. The zero-order chi connectivity index (χ0) is 50.6. The number of hydrogen-bond donors (Lipinski definition) is 1. The lowest BCUT2D eigenvalue weighted by atomic mass is 9.77. The highest BCUT2D eigenvalue weighted by Gasteiger charge is 2.53. The minimum absolute atomic E-state index is 0.00377. The van der Waals surface area contributed by atoms with Crippen molar-refractivity contribution in [3.05, 3.63) is 53.9 Å². The molecule has 5 rings (SSSR count). The van der Waals surface area contributed by atoms with Gasteiger partial charge in [0.25, 0.3) is 11.7 Å². The quantitative estimate of drug-likeness (QED) is 0.162. The molecule has 3 fully saturated rings. The van der Waals surface area contributed by atoms with E-state index in [1.165, 1.54) is 4.90 Å². The Morgan fingerprint density at radius 3 is 2.30 bits per heavy atom. The van der Waals surface area contributed by atoms with Crippen molar-refractivity contribution < 1.29 is 52.8 Å². The highest BCUT2D eigenvalue weighted by atomic mass is 16.6. The number of fused-ring (bicyclic) bond motifs is 3. The lowest BCUT2D eigenvalue weighted by Crippen LogP contribution is -2.61. The number of rotatable bonds is 7. The van der Waals surface area contributed by atoms with Crippen LogP contribution in [-0.4, -0.2) is 130 Å². The van der Waals surface area contributed by atoms with E-state index >= 15 is 0 Å². The molecule has 69 heavy (non-hydrogen) atoms. The molecular formula is C53H81N5O11. The maximum Gasteiger partial charge on any atom is 0.329 e. The van der Waals surface area contributed by atoms with Crippen LogP contribution in [0.25, 0.3) is 0 Å². The zero-order valence-electron chi connectivity index (χ0n) is 43.1. The van der Waals surface area contributed by atoms with E-state index in [-0.39, 0.29) is 72.7 Å². The van der Waals surface area contributed by atoms with Gasteiger partial charge in [-0.1, -0.05) is 83.6 Å². The van der Waals surface area contributed by atoms with E-state index in [2.05, 4.69) is 28.5 Å². The number of carbonyl (C=O) groups excluding carboxylic acids is 5. The Bertz CT molecular complexity index is 2020. The summed E-state index contributed by atoms with van der Waals surface area (Å²) in [7, 11) is 4.81. The number of tetrazole rings is 1. The number of carbonyl (C=O) groups is 5. The first-order valence-corrected chi connectivity index (χ1v) is 25.4. The first-order valence-electron chi connectivity index (χ1n) is 25.4. The van der Waals surface area contributed by atoms with Crippen molar-refractivity contribution in [2.24, 2.45) is 41.4 Å². The second kappa shape index (κ2) is 25.8. The Morgan fingerprint density at radius 2 is 1.62 bits per heavy atom. The smallest absolute Gasteiger partial charge is 0.329 e. The van der Waals surface area contributed by atoms with Gasteiger partial charge in [-0.25, -0.2) is 9.48 Å². The fourth-order valence-electron chi connectivity index (χ4n) is 11.0. The van der Waals surface area contributed by atoms with E-state index in [4.69, 9.17) is 23.7 Å². The third-order valence-corrected chi connectivity index (χ3v) is 15.6. The van der Waals surface area contributed by atoms with Crippen LogP contribution >= 0.6 is 0 Å². The summed E-state index contributed by atoms with van der Waals surface area (Å²) in [6, 6.07) is -1.14. The number of aromatic nitrogens is 4. The van der Waals surface area contributed by atoms with Crippen LogP contribution in [0, 0.1) is 41.4 Å². The second-order valence-corrected chi connectivity index (χ2v) is 20.7. The van der Waals surface area contributed by atoms with Crippen LogP contribution in [0.2, 0.25) is 0 Å². The summed E-state index contributed by atoms with van der Waals surface area (Å²) >= 11 is 0. The predicted molar refractivity (Wildman–Crippen MR) is 259 cm³/mol. The molecule has 4 unspecified atom stereocenters. The van der Waals surface area contributed by atoms with Gasteiger partial charge in [-0.05, 0) is 112 Å². The molecule has 1 aliphatic carbocycles. The first-order chi connectivity index (χ1) is 32.8. The molecule has 15 atom stereocenters. The van der Waals surface area contributed by atoms with Crippen molar-refractivity contribution in [3.63, 3.8) is 0 Å². The van der Waals surface area contributed by atoms with Gasteiger partial charge in [0.15, 0.2) is 5.78 Å². The molecule has 16 heteroatoms. The van der Waals surface area contributed by atoms with Crippen molar-refractivity contribution in [2.75, 3.05) is 27.9 Å². The SMILES string of the molecule is COC1C(=O)C(C)C[C@H](C)/C=C/C=C/C=C(\C)[C@@H](OC)C[C@@H]2CC[C@@H](C)C(O)(O2)C(=O)C(=O)N2CCCCC2C(=O)O[C@H]([C@H](C)C[C@@H]2CC[C@H](n3cnnn3)[C@H](OC)C2)CC(=O)[C@H](C)/C=C(\C)[C@H]1C. The number of Topliss-reactive ketones (excluding diaryl/α,β-unsaturated/α-hetero) is 3. The largest absolute Gasteiger partial charge is 0.460 e. The van der Waals surface area contributed by atoms with Crippen molar-refractivity contribution in [2.45, 2.75) is 181 Å². The summed E-state index contributed by atoms with van der Waals surface area (Å²) in [5, 5.41) is 23.8. The third kappa shape index (κ3) is 14.2. The van der Waals surface area contributed by atoms with E-state index in [0.717, 1.165) is 24.0 Å². The topological polar surface area (TPSA) is 199 Å². The van der Waals surface area contributed by atoms with Crippen LogP contribution in [0.1, 0.15) is 138 Å². The monoisotopic (exact) mass is 964 g/mol.